The van der Waals surface area contributed by atoms with Gasteiger partial charge in [0, 0.05) is 0 Å². The molecule has 0 aromatic carbocycles. The van der Waals surface area contributed by atoms with Crippen LogP contribution in [0.4, 0.5) is 0 Å². The fourth-order valence-electron chi connectivity index (χ4n) is 0.180. The molecule has 9 heavy (non-hydrogen) atoms. The van der Waals surface area contributed by atoms with Crippen LogP contribution in [0, 0.1) is 0 Å². The van der Waals surface area contributed by atoms with Crippen molar-refractivity contribution in [1.29, 1.82) is 0 Å². The normalized spacial score (nSPS) is 14.7. The molecule has 1 saturated heterocycles. The number of hydrogen-bond donors (Lipinski definition) is 0. The van der Waals surface area contributed by atoms with Gasteiger partial charge in [-0.3, -0.25) is 0 Å². The molecule has 4 N–H and O–H groups in total. The van der Waals surface area contributed by atoms with E-state index in [1.54, 1.807) is 0 Å². The van der Waals surface area contributed by atoms with Gasteiger partial charge in [0.05, 0.1) is 0 Å². The Kier molecular flexibility index (Phi) is 5.96. The Morgan fingerprint density at radius 3 is 1.44 bits per heavy atom. The first-order chi connectivity index (χ1) is 3.30. The van der Waals surface area contributed by atoms with Gasteiger partial charge in [0.25, 0.3) is 0 Å². The van der Waals surface area contributed by atoms with Gasteiger partial charge in [-0.15, -0.1) is 0 Å². The molecule has 0 aromatic heterocycles. The summed E-state index contributed by atoms with van der Waals surface area (Å²) in [5.41, 5.74) is 0. The molecule has 0 aromatic rings. The third kappa shape index (κ3) is 2.72. The Labute approximate surface area is 63.3 Å². The molecule has 0 aliphatic carbocycles. The second kappa shape index (κ2) is 4.64. The molecule has 0 spiro atoms. The van der Waals surface area contributed by atoms with Crippen LogP contribution in [-0.2, 0) is 15.0 Å². The van der Waals surface area contributed by atoms with Gasteiger partial charge >= 0.3 is 52.0 Å². The molecule has 2 radical (unpaired) electrons. The Balaban J connectivity index is 0. The Hall–Kier alpha value is -0.218. The van der Waals surface area contributed by atoms with Gasteiger partial charge in [0.2, 0.25) is 0 Å². The van der Waals surface area contributed by atoms with Gasteiger partial charge in [0.15, 0.2) is 0 Å². The second-order valence-electron chi connectivity index (χ2n) is 0.862. The zero-order chi connectivity index (χ0) is 5.28. The van der Waals surface area contributed by atoms with E-state index in [2.05, 4.69) is 5.37 Å². The Morgan fingerprint density at radius 2 is 1.33 bits per heavy atom. The molecule has 1 aliphatic rings. The summed E-state index contributed by atoms with van der Waals surface area (Å²) in [4.78, 5) is 19.9. The van der Waals surface area contributed by atoms with Gasteiger partial charge in [-0.1, -0.05) is 0 Å². The molecule has 1 rings (SSSR count). The molecule has 6 nitrogen and oxygen atoms in total. The van der Waals surface area contributed by atoms with Gasteiger partial charge < -0.3 is 11.0 Å². The van der Waals surface area contributed by atoms with Crippen molar-refractivity contribution in [2.75, 3.05) is 0 Å². The molecule has 0 atom stereocenters. The van der Waals surface area contributed by atoms with E-state index >= 15 is 0 Å². The second-order valence-corrected chi connectivity index (χ2v) is 3.10. The van der Waals surface area contributed by atoms with Crippen molar-refractivity contribution in [3.05, 3.63) is 0 Å². The van der Waals surface area contributed by atoms with E-state index < -0.39 is 37.1 Å². The molecule has 1 aliphatic heterocycles. The first-order valence-corrected chi connectivity index (χ1v) is 4.65. The van der Waals surface area contributed by atoms with E-state index in [1.165, 1.54) is 0 Å². The SMILES string of the molecule is O.O.O=C1[O][Pb][O]C1=O. The first-order valence-electron chi connectivity index (χ1n) is 1.47. The predicted octanol–water partition coefficient (Wildman–Crippen LogP) is -3.03. The number of hydrogen-bond acceptors (Lipinski definition) is 4. The fourth-order valence-corrected chi connectivity index (χ4v) is 1.58. The van der Waals surface area contributed by atoms with Crippen molar-refractivity contribution in [3.8, 4) is 0 Å². The average molecular weight is 331 g/mol. The van der Waals surface area contributed by atoms with Crippen LogP contribution >= 0.6 is 0 Å². The van der Waals surface area contributed by atoms with Crippen LogP contribution < -0.4 is 0 Å². The minimum atomic E-state index is -1.66. The number of carbonyl (C=O) groups excluding carboxylic acids is 2. The van der Waals surface area contributed by atoms with Crippen molar-refractivity contribution in [2.45, 2.75) is 0 Å². The first kappa shape index (κ1) is 11.6. The molecule has 0 unspecified atom stereocenters. The summed E-state index contributed by atoms with van der Waals surface area (Å²) < 4.78 is 8.50. The topological polar surface area (TPSA) is 116 Å². The van der Waals surface area contributed by atoms with Crippen molar-refractivity contribution >= 4 is 37.1 Å². The summed E-state index contributed by atoms with van der Waals surface area (Å²) in [5.74, 6) is -1.63. The minimum absolute atomic E-state index is 0. The molecule has 1 heterocycles. The van der Waals surface area contributed by atoms with Gasteiger partial charge in [-0.2, -0.15) is 0 Å². The van der Waals surface area contributed by atoms with Crippen molar-refractivity contribution in [1.82, 2.24) is 0 Å². The van der Waals surface area contributed by atoms with E-state index in [0.717, 1.165) is 0 Å². The predicted molar refractivity (Wildman–Crippen MR) is 25.2 cm³/mol. The van der Waals surface area contributed by atoms with E-state index in [9.17, 15) is 9.59 Å². The third-order valence-corrected chi connectivity index (χ3v) is 2.52. The molecule has 0 saturated carbocycles. The van der Waals surface area contributed by atoms with Crippen LogP contribution in [0.25, 0.3) is 0 Å². The van der Waals surface area contributed by atoms with Crippen LogP contribution in [0.3, 0.4) is 0 Å². The van der Waals surface area contributed by atoms with E-state index in [-0.39, 0.29) is 11.0 Å². The molecule has 0 amide bonds. The van der Waals surface area contributed by atoms with Crippen molar-refractivity contribution < 1.29 is 25.9 Å². The Bertz CT molecular complexity index is 106. The van der Waals surface area contributed by atoms with Crippen LogP contribution in [-0.4, -0.2) is 48.0 Å². The molecule has 0 bridgehead atoms. The van der Waals surface area contributed by atoms with Crippen LogP contribution in [0.5, 0.6) is 0 Å². The number of carbonyl (C=O) groups is 2. The van der Waals surface area contributed by atoms with Crippen molar-refractivity contribution in [2.24, 2.45) is 0 Å². The van der Waals surface area contributed by atoms with E-state index in [4.69, 9.17) is 0 Å². The standard InChI is InChI=1S/C2H2O4.2H2O.Pb/c3-1(4)2(5)6;;;/h(H,3,4)(H,5,6);2*1H2;/q;;;+2/p-2. The summed E-state index contributed by atoms with van der Waals surface area (Å²) in [6.45, 7) is 0. The summed E-state index contributed by atoms with van der Waals surface area (Å²) in [6, 6.07) is 0. The summed E-state index contributed by atoms with van der Waals surface area (Å²) in [5, 5.41) is 0. The Morgan fingerprint density at radius 1 is 1.00 bits per heavy atom. The molecular formula is C2H4O6Pb. The van der Waals surface area contributed by atoms with E-state index in [1.807, 2.05) is 0 Å². The van der Waals surface area contributed by atoms with Gasteiger partial charge in [-0.05, 0) is 0 Å². The zero-order valence-corrected chi connectivity index (χ0v) is 8.02. The average Bonchev–Trinajstić information content (AvgIpc) is 1.91. The monoisotopic (exact) mass is 332 g/mol. The maximum atomic E-state index is 9.93. The molecular weight excluding hydrogens is 327 g/mol. The van der Waals surface area contributed by atoms with Crippen LogP contribution in [0.15, 0.2) is 0 Å². The number of rotatable bonds is 0. The van der Waals surface area contributed by atoms with Gasteiger partial charge in [-0.25, -0.2) is 0 Å². The van der Waals surface area contributed by atoms with Crippen LogP contribution in [0.2, 0.25) is 0 Å². The summed E-state index contributed by atoms with van der Waals surface area (Å²) in [7, 11) is 0. The fraction of sp³-hybridized carbons (Fsp3) is 0. The molecule has 52 valence electrons. The summed E-state index contributed by atoms with van der Waals surface area (Å²) >= 11 is -1.66. The quantitative estimate of drug-likeness (QED) is 0.347. The van der Waals surface area contributed by atoms with Gasteiger partial charge in [0.1, 0.15) is 0 Å². The zero-order valence-electron chi connectivity index (χ0n) is 4.13. The van der Waals surface area contributed by atoms with Crippen molar-refractivity contribution in [3.63, 3.8) is 0 Å². The maximum absolute atomic E-state index is 9.93. The van der Waals surface area contributed by atoms with Crippen LogP contribution in [0.1, 0.15) is 0 Å². The third-order valence-electron chi connectivity index (χ3n) is 0.435. The molecule has 7 heteroatoms. The van der Waals surface area contributed by atoms with E-state index in [0.29, 0.717) is 0 Å². The molecule has 1 fully saturated rings. The summed E-state index contributed by atoms with van der Waals surface area (Å²) in [6.07, 6.45) is 0.